The van der Waals surface area contributed by atoms with E-state index in [-0.39, 0.29) is 5.65 Å². The van der Waals surface area contributed by atoms with E-state index in [0.29, 0.717) is 11.3 Å². The number of rotatable bonds is 8. The van der Waals surface area contributed by atoms with Gasteiger partial charge in [0.2, 0.25) is 0 Å². The first-order valence-corrected chi connectivity index (χ1v) is 13.1. The highest BCUT2D eigenvalue weighted by Gasteiger charge is 2.44. The Kier molecular flexibility index (Phi) is 6.53. The second kappa shape index (κ2) is 8.60. The molecule has 1 fully saturated rings. The molecule has 4 atom stereocenters. The molecule has 162 valence electrons. The van der Waals surface area contributed by atoms with E-state index in [1.807, 2.05) is 11.6 Å². The summed E-state index contributed by atoms with van der Waals surface area (Å²) in [5.74, 6) is 0.408. The molecule has 3 rings (SSSR count). The number of fused-ring (bicyclic) bond motifs is 1. The highest BCUT2D eigenvalue weighted by Crippen LogP contribution is 2.34. The normalized spacial score (nSPS) is 25.1. The molecule has 0 radical (unpaired) electrons. The largest absolute Gasteiger partial charge is 0.394 e. The van der Waals surface area contributed by atoms with Crippen LogP contribution in [0, 0.1) is 6.08 Å². The first-order chi connectivity index (χ1) is 13.7. The van der Waals surface area contributed by atoms with E-state index >= 15 is 0 Å². The molecule has 0 bridgehead atoms. The maximum Gasteiger partial charge on any atom is 0.312 e. The zero-order valence-electron chi connectivity index (χ0n) is 17.3. The predicted molar refractivity (Wildman–Crippen MR) is 109 cm³/mol. The molecule has 3 N–H and O–H groups in total. The van der Waals surface area contributed by atoms with Crippen LogP contribution in [0.1, 0.15) is 32.4 Å². The third-order valence-electron chi connectivity index (χ3n) is 5.78. The van der Waals surface area contributed by atoms with Crippen molar-refractivity contribution in [3.63, 3.8) is 0 Å². The van der Waals surface area contributed by atoms with E-state index in [9.17, 15) is 19.7 Å². The van der Waals surface area contributed by atoms with Gasteiger partial charge < -0.3 is 24.6 Å². The quantitative estimate of drug-likeness (QED) is 0.329. The van der Waals surface area contributed by atoms with Crippen molar-refractivity contribution in [2.24, 2.45) is 0 Å². The topological polar surface area (TPSA) is 117 Å². The van der Waals surface area contributed by atoms with Crippen molar-refractivity contribution in [1.82, 2.24) is 19.5 Å². The molecule has 3 heterocycles. The van der Waals surface area contributed by atoms with E-state index in [4.69, 9.17) is 4.74 Å². The monoisotopic (exact) mass is 427 g/mol. The molecule has 0 spiro atoms. The van der Waals surface area contributed by atoms with Gasteiger partial charge in [-0.05, 0) is 13.1 Å². The minimum Gasteiger partial charge on any atom is -0.394 e. The number of halogens is 1. The van der Waals surface area contributed by atoms with Gasteiger partial charge in [0.05, 0.1) is 12.9 Å². The van der Waals surface area contributed by atoms with Gasteiger partial charge in [0, 0.05) is 0 Å². The highest BCUT2D eigenvalue weighted by molar-refractivity contribution is 6.81. The summed E-state index contributed by atoms with van der Waals surface area (Å²) >= 11 is 0. The Morgan fingerprint density at radius 3 is 2.59 bits per heavy atom. The van der Waals surface area contributed by atoms with Gasteiger partial charge in [-0.15, -0.1) is 0 Å². The fourth-order valence-corrected chi connectivity index (χ4v) is 5.85. The minimum atomic E-state index is -1.91. The van der Waals surface area contributed by atoms with E-state index in [1.54, 1.807) is 0 Å². The van der Waals surface area contributed by atoms with Gasteiger partial charge in [-0.3, -0.25) is 4.57 Å². The van der Waals surface area contributed by atoms with Crippen LogP contribution >= 0.6 is 0 Å². The van der Waals surface area contributed by atoms with Crippen LogP contribution in [0.2, 0.25) is 19.1 Å². The maximum atomic E-state index is 14.3. The lowest BCUT2D eigenvalue weighted by Crippen LogP contribution is -2.46. The lowest BCUT2D eigenvalue weighted by Gasteiger charge is -2.34. The molecule has 29 heavy (non-hydrogen) atoms. The molecule has 1 saturated heterocycles. The number of ether oxygens (including phenoxy) is 1. The van der Waals surface area contributed by atoms with E-state index in [1.165, 1.54) is 10.9 Å². The van der Waals surface area contributed by atoms with E-state index in [2.05, 4.69) is 35.0 Å². The summed E-state index contributed by atoms with van der Waals surface area (Å²) in [7, 11) is -0.00740. The molecule has 0 aromatic carbocycles. The third kappa shape index (κ3) is 4.15. The van der Waals surface area contributed by atoms with Gasteiger partial charge in [0.25, 0.3) is 0 Å². The van der Waals surface area contributed by atoms with Crippen LogP contribution in [-0.4, -0.2) is 75.0 Å². The Hall–Kier alpha value is -1.66. The van der Waals surface area contributed by atoms with Crippen LogP contribution in [0.4, 0.5) is 10.2 Å². The fraction of sp³-hybridized carbons (Fsp3) is 0.722. The first kappa shape index (κ1) is 22.0. The summed E-state index contributed by atoms with van der Waals surface area (Å²) in [5, 5.41) is 29.7. The molecule has 0 amide bonds. The van der Waals surface area contributed by atoms with E-state index in [0.717, 1.165) is 25.3 Å². The van der Waals surface area contributed by atoms with Crippen molar-refractivity contribution < 1.29 is 24.4 Å². The van der Waals surface area contributed by atoms with Gasteiger partial charge in [0.1, 0.15) is 23.8 Å². The lowest BCUT2D eigenvalue weighted by molar-refractivity contribution is -0.0511. The third-order valence-corrected chi connectivity index (χ3v) is 9.39. The van der Waals surface area contributed by atoms with Gasteiger partial charge in [-0.1, -0.05) is 39.3 Å². The number of hydrogen-bond donors (Lipinski definition) is 3. The number of nitrogens with zero attached hydrogens (tertiary/aromatic N) is 5. The van der Waals surface area contributed by atoms with Crippen LogP contribution in [0.25, 0.3) is 11.2 Å². The molecule has 2 aromatic rings. The molecule has 9 nitrogen and oxygen atoms in total. The van der Waals surface area contributed by atoms with Crippen molar-refractivity contribution in [2.75, 3.05) is 18.2 Å². The van der Waals surface area contributed by atoms with Crippen molar-refractivity contribution in [1.29, 1.82) is 0 Å². The molecule has 1 aliphatic rings. The standard InChI is InChI=1S/C18H30FN5O4Si/c1-5-6-7-8-29(3,4)23(2)15-12-16(22-18(19)21-15)24(10-20-12)17-14(27)13(26)11(9-25)28-17/h10-11,13-14,17,25-27H,5-9H2,1-4H3. The first-order valence-electron chi connectivity index (χ1n) is 9.97. The minimum absolute atomic E-state index is 0.174. The van der Waals surface area contributed by atoms with Gasteiger partial charge in [-0.25, -0.2) is 4.98 Å². The maximum absolute atomic E-state index is 14.3. The summed E-state index contributed by atoms with van der Waals surface area (Å²) in [6.45, 7) is 6.12. The SMILES string of the molecule is CCCCC[Si](C)(C)N(C)c1nc(F)nc2c1ncn2C1OC(CO)C(O)C1O. The summed E-state index contributed by atoms with van der Waals surface area (Å²) in [6, 6.07) is 1.04. The smallest absolute Gasteiger partial charge is 0.312 e. The van der Waals surface area contributed by atoms with Gasteiger partial charge in [-0.2, -0.15) is 14.4 Å². The lowest BCUT2D eigenvalue weighted by atomic mass is 10.1. The van der Waals surface area contributed by atoms with Crippen molar-refractivity contribution in [3.8, 4) is 0 Å². The number of imidazole rings is 1. The number of aliphatic hydroxyl groups is 3. The van der Waals surface area contributed by atoms with Gasteiger partial charge in [0.15, 0.2) is 25.9 Å². The average Bonchev–Trinajstić information content (AvgIpc) is 3.21. The van der Waals surface area contributed by atoms with Crippen LogP contribution in [0.15, 0.2) is 6.33 Å². The average molecular weight is 428 g/mol. The molecule has 0 aliphatic carbocycles. The molecule has 11 heteroatoms. The molecular weight excluding hydrogens is 397 g/mol. The fourth-order valence-electron chi connectivity index (χ4n) is 3.67. The van der Waals surface area contributed by atoms with Crippen LogP contribution in [0.3, 0.4) is 0 Å². The number of aliphatic hydroxyl groups excluding tert-OH is 3. The summed E-state index contributed by atoms with van der Waals surface area (Å²) in [6.07, 6.45) is -0.653. The molecule has 2 aromatic heterocycles. The number of aromatic nitrogens is 4. The van der Waals surface area contributed by atoms with Crippen molar-refractivity contribution >= 4 is 25.2 Å². The van der Waals surface area contributed by atoms with Crippen LogP contribution < -0.4 is 4.57 Å². The Bertz CT molecular complexity index is 851. The molecule has 0 saturated carbocycles. The number of hydrogen-bond acceptors (Lipinski definition) is 8. The zero-order chi connectivity index (χ0) is 21.3. The number of anilines is 1. The van der Waals surface area contributed by atoms with Crippen molar-refractivity contribution in [3.05, 3.63) is 12.4 Å². The number of unbranched alkanes of at least 4 members (excludes halogenated alkanes) is 2. The zero-order valence-corrected chi connectivity index (χ0v) is 18.3. The Morgan fingerprint density at radius 2 is 1.97 bits per heavy atom. The summed E-state index contributed by atoms with van der Waals surface area (Å²) in [5.41, 5.74) is 0.579. The van der Waals surface area contributed by atoms with Gasteiger partial charge >= 0.3 is 6.08 Å². The van der Waals surface area contributed by atoms with E-state index < -0.39 is 45.5 Å². The molecule has 4 unspecified atom stereocenters. The van der Waals surface area contributed by atoms with Crippen LogP contribution in [0.5, 0.6) is 0 Å². The molecular formula is C18H30FN5O4Si. The Morgan fingerprint density at radius 1 is 1.24 bits per heavy atom. The highest BCUT2D eigenvalue weighted by atomic mass is 28.3. The van der Waals surface area contributed by atoms with Crippen LogP contribution in [-0.2, 0) is 4.74 Å². The Balaban J connectivity index is 1.98. The second-order valence-corrected chi connectivity index (χ2v) is 13.0. The summed E-state index contributed by atoms with van der Waals surface area (Å²) in [4.78, 5) is 12.2. The summed E-state index contributed by atoms with van der Waals surface area (Å²) < 4.78 is 23.3. The predicted octanol–water partition coefficient (Wildman–Crippen LogP) is 1.41. The Labute approximate surface area is 170 Å². The molecule has 1 aliphatic heterocycles. The second-order valence-electron chi connectivity index (χ2n) is 8.20. The van der Waals surface area contributed by atoms with Crippen molar-refractivity contribution in [2.45, 2.75) is 69.9 Å².